The fourth-order valence-corrected chi connectivity index (χ4v) is 2.33. The minimum absolute atomic E-state index is 0.166. The lowest BCUT2D eigenvalue weighted by atomic mass is 10.1. The first-order chi connectivity index (χ1) is 9.95. The summed E-state index contributed by atoms with van der Waals surface area (Å²) in [5.41, 5.74) is 1.76. The second-order valence-corrected chi connectivity index (χ2v) is 5.54. The summed E-state index contributed by atoms with van der Waals surface area (Å²) >= 11 is 11.9. The highest BCUT2D eigenvalue weighted by molar-refractivity contribution is 6.35. The number of aliphatic carboxylic acids is 1. The van der Waals surface area contributed by atoms with E-state index in [9.17, 15) is 9.90 Å². The minimum atomic E-state index is -1.04. The summed E-state index contributed by atoms with van der Waals surface area (Å²) in [5, 5.41) is 10.2. The van der Waals surface area contributed by atoms with Gasteiger partial charge in [-0.05, 0) is 36.8 Å². The number of carbonyl (C=O) groups is 1. The Morgan fingerprint density at radius 2 is 1.86 bits per heavy atom. The molecule has 0 radical (unpaired) electrons. The summed E-state index contributed by atoms with van der Waals surface area (Å²) in [6.45, 7) is 1.95. The Morgan fingerprint density at radius 1 is 1.19 bits per heavy atom. The van der Waals surface area contributed by atoms with Crippen LogP contribution in [0.2, 0.25) is 10.0 Å². The largest absolute Gasteiger partial charge is 0.478 e. The van der Waals surface area contributed by atoms with Gasteiger partial charge in [-0.15, -0.1) is 0 Å². The van der Waals surface area contributed by atoms with Crippen LogP contribution in [-0.4, -0.2) is 17.2 Å². The number of hydrogen-bond acceptors (Lipinski definition) is 2. The van der Waals surface area contributed by atoms with Gasteiger partial charge < -0.3 is 9.84 Å². The Hall–Kier alpha value is -1.71. The molecular weight excluding hydrogens is 311 g/mol. The Labute approximate surface area is 133 Å². The molecule has 0 saturated carbocycles. The van der Waals surface area contributed by atoms with E-state index in [0.29, 0.717) is 21.4 Å². The molecule has 0 aliphatic heterocycles. The second-order valence-electron chi connectivity index (χ2n) is 4.70. The highest BCUT2D eigenvalue weighted by Crippen LogP contribution is 2.23. The third-order valence-corrected chi connectivity index (χ3v) is 3.58. The molecule has 2 aromatic carbocycles. The van der Waals surface area contributed by atoms with Gasteiger partial charge in [0.1, 0.15) is 5.75 Å². The van der Waals surface area contributed by atoms with Crippen molar-refractivity contribution in [1.82, 2.24) is 0 Å². The highest BCUT2D eigenvalue weighted by atomic mass is 35.5. The van der Waals surface area contributed by atoms with E-state index < -0.39 is 12.1 Å². The number of benzene rings is 2. The average molecular weight is 325 g/mol. The second kappa shape index (κ2) is 6.83. The van der Waals surface area contributed by atoms with Crippen LogP contribution in [0.3, 0.4) is 0 Å². The summed E-state index contributed by atoms with van der Waals surface area (Å²) in [4.78, 5) is 11.4. The van der Waals surface area contributed by atoms with Gasteiger partial charge in [0, 0.05) is 16.5 Å². The van der Waals surface area contributed by atoms with E-state index in [1.54, 1.807) is 30.3 Å². The van der Waals surface area contributed by atoms with Crippen molar-refractivity contribution in [2.75, 3.05) is 0 Å². The minimum Gasteiger partial charge on any atom is -0.478 e. The van der Waals surface area contributed by atoms with E-state index in [2.05, 4.69) is 0 Å². The van der Waals surface area contributed by atoms with Crippen LogP contribution in [-0.2, 0) is 11.2 Å². The molecule has 0 aliphatic carbocycles. The van der Waals surface area contributed by atoms with Crippen LogP contribution in [0, 0.1) is 6.92 Å². The number of halogens is 2. The van der Waals surface area contributed by atoms with Gasteiger partial charge in [-0.25, -0.2) is 4.79 Å². The number of carboxylic acid groups (broad SMARTS) is 1. The topological polar surface area (TPSA) is 46.5 Å². The maximum absolute atomic E-state index is 11.4. The molecule has 0 unspecified atom stereocenters. The van der Waals surface area contributed by atoms with Gasteiger partial charge >= 0.3 is 5.97 Å². The third-order valence-electron chi connectivity index (χ3n) is 3.00. The molecule has 0 fully saturated rings. The number of hydrogen-bond donors (Lipinski definition) is 1. The summed E-state index contributed by atoms with van der Waals surface area (Å²) in [7, 11) is 0. The monoisotopic (exact) mass is 324 g/mol. The molecule has 0 spiro atoms. The highest BCUT2D eigenvalue weighted by Gasteiger charge is 2.21. The summed E-state index contributed by atoms with van der Waals surface area (Å²) < 4.78 is 5.53. The maximum atomic E-state index is 11.4. The van der Waals surface area contributed by atoms with Crippen molar-refractivity contribution in [3.05, 3.63) is 63.6 Å². The van der Waals surface area contributed by atoms with Gasteiger partial charge in [0.25, 0.3) is 0 Å². The van der Waals surface area contributed by atoms with E-state index in [1.807, 2.05) is 19.1 Å². The molecule has 1 N–H and O–H groups in total. The first-order valence-corrected chi connectivity index (χ1v) is 7.11. The van der Waals surface area contributed by atoms with Gasteiger partial charge in [0.05, 0.1) is 0 Å². The Bertz CT molecular complexity index is 638. The Kier molecular flexibility index (Phi) is 5.10. The molecular formula is C16H14Cl2O3. The zero-order valence-electron chi connectivity index (χ0n) is 11.3. The molecule has 1 atom stereocenters. The standard InChI is InChI=1S/C16H14Cl2O3/c1-10-2-6-13(7-3-10)21-15(16(19)20)8-11-4-5-12(17)9-14(11)18/h2-7,9,15H,8H2,1H3,(H,19,20)/t15-/m0/s1. The zero-order valence-corrected chi connectivity index (χ0v) is 12.9. The summed E-state index contributed by atoms with van der Waals surface area (Å²) in [5.74, 6) is -0.528. The first-order valence-electron chi connectivity index (χ1n) is 6.36. The number of carboxylic acids is 1. The summed E-state index contributed by atoms with van der Waals surface area (Å²) in [6.07, 6.45) is -0.842. The molecule has 0 saturated heterocycles. The quantitative estimate of drug-likeness (QED) is 0.887. The molecule has 0 heterocycles. The third kappa shape index (κ3) is 4.38. The van der Waals surface area contributed by atoms with Gasteiger partial charge in [-0.2, -0.15) is 0 Å². The van der Waals surface area contributed by atoms with Crippen molar-refractivity contribution in [1.29, 1.82) is 0 Å². The van der Waals surface area contributed by atoms with Gasteiger partial charge in [-0.1, -0.05) is 47.0 Å². The fourth-order valence-electron chi connectivity index (χ4n) is 1.85. The van der Waals surface area contributed by atoms with E-state index in [1.165, 1.54) is 0 Å². The van der Waals surface area contributed by atoms with E-state index >= 15 is 0 Å². The van der Waals surface area contributed by atoms with Gasteiger partial charge in [-0.3, -0.25) is 0 Å². The normalized spacial score (nSPS) is 12.0. The van der Waals surface area contributed by atoms with Crippen LogP contribution >= 0.6 is 23.2 Å². The molecule has 21 heavy (non-hydrogen) atoms. The Balaban J connectivity index is 2.15. The van der Waals surface area contributed by atoms with Crippen molar-refractivity contribution in [3.8, 4) is 5.75 Å². The van der Waals surface area contributed by atoms with Crippen molar-refractivity contribution < 1.29 is 14.6 Å². The average Bonchev–Trinajstić information content (AvgIpc) is 2.43. The van der Waals surface area contributed by atoms with Crippen LogP contribution in [0.5, 0.6) is 5.75 Å². The maximum Gasteiger partial charge on any atom is 0.345 e. The lowest BCUT2D eigenvalue weighted by Gasteiger charge is -2.16. The molecule has 0 bridgehead atoms. The molecule has 110 valence electrons. The first kappa shape index (κ1) is 15.7. The van der Waals surface area contributed by atoms with Crippen LogP contribution in [0.25, 0.3) is 0 Å². The molecule has 0 amide bonds. The van der Waals surface area contributed by atoms with Crippen LogP contribution in [0.15, 0.2) is 42.5 Å². The lowest BCUT2D eigenvalue weighted by molar-refractivity contribution is -0.145. The van der Waals surface area contributed by atoms with Crippen molar-refractivity contribution in [2.45, 2.75) is 19.4 Å². The molecule has 2 rings (SSSR count). The smallest absolute Gasteiger partial charge is 0.345 e. The number of rotatable bonds is 5. The van der Waals surface area contributed by atoms with Crippen molar-refractivity contribution in [2.24, 2.45) is 0 Å². The summed E-state index contributed by atoms with van der Waals surface area (Å²) in [6, 6.07) is 12.2. The van der Waals surface area contributed by atoms with Crippen LogP contribution < -0.4 is 4.74 Å². The van der Waals surface area contributed by atoms with Crippen molar-refractivity contribution in [3.63, 3.8) is 0 Å². The molecule has 0 aliphatic rings. The number of ether oxygens (including phenoxy) is 1. The predicted octanol–water partition coefficient (Wildman–Crippen LogP) is 4.38. The van der Waals surface area contributed by atoms with Gasteiger partial charge in [0.15, 0.2) is 6.10 Å². The van der Waals surface area contributed by atoms with Crippen LogP contribution in [0.1, 0.15) is 11.1 Å². The molecule has 5 heteroatoms. The van der Waals surface area contributed by atoms with E-state index in [4.69, 9.17) is 27.9 Å². The molecule has 0 aromatic heterocycles. The Morgan fingerprint density at radius 3 is 2.43 bits per heavy atom. The predicted molar refractivity (Wildman–Crippen MR) is 83.4 cm³/mol. The van der Waals surface area contributed by atoms with E-state index in [0.717, 1.165) is 5.56 Å². The van der Waals surface area contributed by atoms with E-state index in [-0.39, 0.29) is 6.42 Å². The fraction of sp³-hybridized carbons (Fsp3) is 0.188. The van der Waals surface area contributed by atoms with Crippen molar-refractivity contribution >= 4 is 29.2 Å². The SMILES string of the molecule is Cc1ccc(O[C@@H](Cc2ccc(Cl)cc2Cl)C(=O)O)cc1. The van der Waals surface area contributed by atoms with Gasteiger partial charge in [0.2, 0.25) is 0 Å². The molecule has 2 aromatic rings. The number of aryl methyl sites for hydroxylation is 1. The lowest BCUT2D eigenvalue weighted by Crippen LogP contribution is -2.29. The zero-order chi connectivity index (χ0) is 15.4. The molecule has 3 nitrogen and oxygen atoms in total. The van der Waals surface area contributed by atoms with Crippen LogP contribution in [0.4, 0.5) is 0 Å².